The molecule has 0 aromatic heterocycles. The van der Waals surface area contributed by atoms with E-state index in [2.05, 4.69) is 24.1 Å². The zero-order chi connectivity index (χ0) is 21.8. The molecule has 0 aliphatic carbocycles. The number of amides is 2. The van der Waals surface area contributed by atoms with Crippen LogP contribution in [0, 0.1) is 23.0 Å². The molecule has 0 saturated carbocycles. The fourth-order valence-corrected chi connectivity index (χ4v) is 4.52. The maximum absolute atomic E-state index is 13.0. The monoisotopic (exact) mass is 416 g/mol. The van der Waals surface area contributed by atoms with Crippen LogP contribution < -0.4 is 5.32 Å². The molecule has 2 amide bonds. The van der Waals surface area contributed by atoms with E-state index in [1.807, 2.05) is 0 Å². The molecule has 30 heavy (non-hydrogen) atoms. The normalized spacial score (nSPS) is 20.5. The lowest BCUT2D eigenvalue weighted by molar-refractivity contribution is -0.385. The van der Waals surface area contributed by atoms with Gasteiger partial charge < -0.3 is 15.1 Å². The van der Waals surface area contributed by atoms with Crippen molar-refractivity contribution in [3.63, 3.8) is 0 Å². The number of nitro benzene ring substituents is 1. The predicted octanol–water partition coefficient (Wildman–Crippen LogP) is 2.74. The Morgan fingerprint density at radius 1 is 1.20 bits per heavy atom. The summed E-state index contributed by atoms with van der Waals surface area (Å²) in [5, 5.41) is 14.2. The van der Waals surface area contributed by atoms with Crippen LogP contribution in [0.2, 0.25) is 0 Å². The molecule has 2 saturated heterocycles. The van der Waals surface area contributed by atoms with Gasteiger partial charge in [-0.05, 0) is 50.7 Å². The van der Waals surface area contributed by atoms with Gasteiger partial charge in [0.05, 0.1) is 4.92 Å². The Labute approximate surface area is 177 Å². The number of rotatable bonds is 6. The van der Waals surface area contributed by atoms with Crippen LogP contribution in [0.5, 0.6) is 0 Å². The summed E-state index contributed by atoms with van der Waals surface area (Å²) in [6.45, 7) is 9.63. The largest absolute Gasteiger partial charge is 0.351 e. The Morgan fingerprint density at radius 3 is 2.50 bits per heavy atom. The number of carbonyl (C=O) groups is 2. The number of hydrogen-bond acceptors (Lipinski definition) is 5. The molecule has 1 unspecified atom stereocenters. The number of likely N-dealkylation sites (tertiary alicyclic amines) is 2. The fourth-order valence-electron chi connectivity index (χ4n) is 4.52. The van der Waals surface area contributed by atoms with Gasteiger partial charge in [0.15, 0.2) is 0 Å². The van der Waals surface area contributed by atoms with Crippen molar-refractivity contribution in [3.05, 3.63) is 39.4 Å². The van der Waals surface area contributed by atoms with Gasteiger partial charge in [-0.2, -0.15) is 0 Å². The smallest absolute Gasteiger partial charge is 0.272 e. The fraction of sp³-hybridized carbons (Fsp3) is 0.636. The molecule has 8 heteroatoms. The summed E-state index contributed by atoms with van der Waals surface area (Å²) in [6, 6.07) is 4.06. The number of carbonyl (C=O) groups excluding carboxylic acids is 2. The van der Waals surface area contributed by atoms with Gasteiger partial charge in [-0.3, -0.25) is 19.7 Å². The van der Waals surface area contributed by atoms with Crippen molar-refractivity contribution in [3.8, 4) is 0 Å². The SMILES string of the molecule is Cc1cc(C(=O)N2CCCC2C(=O)NC2CCN(CC(C)C)CC2)ccc1[N+](=O)[O-]. The molecule has 2 heterocycles. The minimum Gasteiger partial charge on any atom is -0.351 e. The molecule has 0 spiro atoms. The predicted molar refractivity (Wildman–Crippen MR) is 114 cm³/mol. The Morgan fingerprint density at radius 2 is 1.90 bits per heavy atom. The van der Waals surface area contributed by atoms with E-state index in [0.717, 1.165) is 38.9 Å². The average Bonchev–Trinajstić information content (AvgIpc) is 3.18. The van der Waals surface area contributed by atoms with Crippen molar-refractivity contribution in [1.82, 2.24) is 15.1 Å². The standard InChI is InChI=1S/C22H32N4O4/c1-15(2)14-24-11-8-18(9-12-24)23-21(27)20-5-4-10-25(20)22(28)17-6-7-19(26(29)30)16(3)13-17/h6-7,13,15,18,20H,4-5,8-12,14H2,1-3H3,(H,23,27). The topological polar surface area (TPSA) is 95.8 Å². The van der Waals surface area contributed by atoms with Gasteiger partial charge in [0, 0.05) is 49.4 Å². The molecule has 3 rings (SSSR count). The quantitative estimate of drug-likeness (QED) is 0.568. The summed E-state index contributed by atoms with van der Waals surface area (Å²) in [7, 11) is 0. The van der Waals surface area contributed by atoms with Crippen LogP contribution >= 0.6 is 0 Å². The summed E-state index contributed by atoms with van der Waals surface area (Å²) < 4.78 is 0. The third-order valence-electron chi connectivity index (χ3n) is 6.01. The van der Waals surface area contributed by atoms with Crippen molar-refractivity contribution in [1.29, 1.82) is 0 Å². The Kier molecular flexibility index (Phi) is 7.07. The average molecular weight is 417 g/mol. The van der Waals surface area contributed by atoms with E-state index in [1.54, 1.807) is 11.8 Å². The van der Waals surface area contributed by atoms with E-state index >= 15 is 0 Å². The Bertz CT molecular complexity index is 802. The number of nitrogens with one attached hydrogen (secondary N) is 1. The van der Waals surface area contributed by atoms with Crippen LogP contribution in [0.3, 0.4) is 0 Å². The minimum absolute atomic E-state index is 0.00826. The highest BCUT2D eigenvalue weighted by Gasteiger charge is 2.36. The molecule has 1 aromatic carbocycles. The summed E-state index contributed by atoms with van der Waals surface area (Å²) in [4.78, 5) is 40.5. The van der Waals surface area contributed by atoms with Crippen LogP contribution in [0.25, 0.3) is 0 Å². The number of aryl methyl sites for hydroxylation is 1. The lowest BCUT2D eigenvalue weighted by Gasteiger charge is -2.34. The molecule has 1 atom stereocenters. The maximum atomic E-state index is 13.0. The first kappa shape index (κ1) is 22.2. The van der Waals surface area contributed by atoms with E-state index < -0.39 is 11.0 Å². The third-order valence-corrected chi connectivity index (χ3v) is 6.01. The first-order valence-corrected chi connectivity index (χ1v) is 10.8. The lowest BCUT2D eigenvalue weighted by atomic mass is 10.0. The minimum atomic E-state index is -0.471. The van der Waals surface area contributed by atoms with Crippen molar-refractivity contribution in [2.45, 2.75) is 58.5 Å². The van der Waals surface area contributed by atoms with Crippen molar-refractivity contribution in [2.75, 3.05) is 26.2 Å². The van der Waals surface area contributed by atoms with Crippen LogP contribution in [0.15, 0.2) is 18.2 Å². The molecule has 1 N–H and O–H groups in total. The van der Waals surface area contributed by atoms with E-state index in [1.165, 1.54) is 18.2 Å². The van der Waals surface area contributed by atoms with Gasteiger partial charge in [0.25, 0.3) is 11.6 Å². The summed E-state index contributed by atoms with van der Waals surface area (Å²) in [6.07, 6.45) is 3.29. The summed E-state index contributed by atoms with van der Waals surface area (Å²) in [5.74, 6) is 0.316. The second-order valence-electron chi connectivity index (χ2n) is 8.89. The highest BCUT2D eigenvalue weighted by atomic mass is 16.6. The van der Waals surface area contributed by atoms with Crippen LogP contribution in [-0.2, 0) is 4.79 Å². The number of hydrogen-bond donors (Lipinski definition) is 1. The first-order chi connectivity index (χ1) is 14.3. The van der Waals surface area contributed by atoms with E-state index in [0.29, 0.717) is 30.0 Å². The highest BCUT2D eigenvalue weighted by Crippen LogP contribution is 2.24. The molecule has 2 fully saturated rings. The molecule has 0 bridgehead atoms. The number of piperidine rings is 1. The molecule has 8 nitrogen and oxygen atoms in total. The molecular weight excluding hydrogens is 384 g/mol. The first-order valence-electron chi connectivity index (χ1n) is 10.8. The Hall–Kier alpha value is -2.48. The van der Waals surface area contributed by atoms with Gasteiger partial charge >= 0.3 is 0 Å². The van der Waals surface area contributed by atoms with E-state index in [-0.39, 0.29) is 23.5 Å². The maximum Gasteiger partial charge on any atom is 0.272 e. The second-order valence-corrected chi connectivity index (χ2v) is 8.89. The van der Waals surface area contributed by atoms with E-state index in [4.69, 9.17) is 0 Å². The number of nitrogens with zero attached hydrogens (tertiary/aromatic N) is 3. The van der Waals surface area contributed by atoms with Gasteiger partial charge in [-0.25, -0.2) is 0 Å². The zero-order valence-corrected chi connectivity index (χ0v) is 18.1. The van der Waals surface area contributed by atoms with Gasteiger partial charge in [0.1, 0.15) is 6.04 Å². The lowest BCUT2D eigenvalue weighted by Crippen LogP contribution is -2.51. The molecular formula is C22H32N4O4. The van der Waals surface area contributed by atoms with Gasteiger partial charge in [-0.15, -0.1) is 0 Å². The molecule has 0 radical (unpaired) electrons. The van der Waals surface area contributed by atoms with Crippen LogP contribution in [0.1, 0.15) is 55.5 Å². The summed E-state index contributed by atoms with van der Waals surface area (Å²) in [5.41, 5.74) is 0.824. The third kappa shape index (κ3) is 5.16. The molecule has 2 aliphatic heterocycles. The highest BCUT2D eigenvalue weighted by molar-refractivity contribution is 5.98. The number of nitro groups is 1. The summed E-state index contributed by atoms with van der Waals surface area (Å²) >= 11 is 0. The Balaban J connectivity index is 1.60. The molecule has 1 aromatic rings. The van der Waals surface area contributed by atoms with Crippen LogP contribution in [-0.4, -0.2) is 64.8 Å². The molecule has 164 valence electrons. The van der Waals surface area contributed by atoms with Gasteiger partial charge in [-0.1, -0.05) is 13.8 Å². The van der Waals surface area contributed by atoms with Crippen molar-refractivity contribution < 1.29 is 14.5 Å². The zero-order valence-electron chi connectivity index (χ0n) is 18.1. The number of benzene rings is 1. The van der Waals surface area contributed by atoms with Crippen LogP contribution in [0.4, 0.5) is 5.69 Å². The van der Waals surface area contributed by atoms with Gasteiger partial charge in [0.2, 0.25) is 5.91 Å². The van der Waals surface area contributed by atoms with Crippen molar-refractivity contribution >= 4 is 17.5 Å². The van der Waals surface area contributed by atoms with E-state index in [9.17, 15) is 19.7 Å². The molecule has 2 aliphatic rings. The van der Waals surface area contributed by atoms with Crippen molar-refractivity contribution in [2.24, 2.45) is 5.92 Å². The second kappa shape index (κ2) is 9.55.